The smallest absolute Gasteiger partial charge is 0.224 e. The molecule has 0 spiro atoms. The summed E-state index contributed by atoms with van der Waals surface area (Å²) in [5.41, 5.74) is 8.26. The Hall–Kier alpha value is -1.16. The van der Waals surface area contributed by atoms with Gasteiger partial charge in [-0.1, -0.05) is 26.8 Å². The first-order valence-corrected chi connectivity index (χ1v) is 7.57. The van der Waals surface area contributed by atoms with Crippen molar-refractivity contribution < 1.29 is 4.79 Å². The maximum Gasteiger partial charge on any atom is 0.224 e. The van der Waals surface area contributed by atoms with Crippen LogP contribution >= 0.6 is 11.8 Å². The van der Waals surface area contributed by atoms with E-state index in [0.717, 1.165) is 23.4 Å². The largest absolute Gasteiger partial charge is 0.398 e. The van der Waals surface area contributed by atoms with Crippen LogP contribution in [0, 0.1) is 6.92 Å². The van der Waals surface area contributed by atoms with Crippen LogP contribution in [0.1, 0.15) is 39.2 Å². The number of thioether (sulfide) groups is 1. The molecule has 1 rings (SSSR count). The van der Waals surface area contributed by atoms with Gasteiger partial charge < -0.3 is 11.1 Å². The fourth-order valence-corrected chi connectivity index (χ4v) is 2.51. The molecule has 3 N–H and O–H groups in total. The van der Waals surface area contributed by atoms with Crippen LogP contribution in [0.3, 0.4) is 0 Å². The molecule has 1 aromatic carbocycles. The van der Waals surface area contributed by atoms with Crippen LogP contribution in [0.4, 0.5) is 11.4 Å². The second-order valence-electron chi connectivity index (χ2n) is 5.63. The monoisotopic (exact) mass is 280 g/mol. The van der Waals surface area contributed by atoms with Gasteiger partial charge in [-0.2, -0.15) is 11.8 Å². The Morgan fingerprint density at radius 1 is 1.37 bits per heavy atom. The summed E-state index contributed by atoms with van der Waals surface area (Å²) in [6.07, 6.45) is 1.45. The van der Waals surface area contributed by atoms with Crippen LogP contribution in [-0.2, 0) is 4.79 Å². The Morgan fingerprint density at radius 3 is 2.68 bits per heavy atom. The minimum atomic E-state index is 0.0585. The van der Waals surface area contributed by atoms with Crippen LogP contribution in [-0.4, -0.2) is 16.4 Å². The number of nitrogens with one attached hydrogen (secondary N) is 1. The first kappa shape index (κ1) is 15.9. The fraction of sp³-hybridized carbons (Fsp3) is 0.533. The second kappa shape index (κ2) is 6.85. The molecular weight excluding hydrogens is 256 g/mol. The number of nitrogens with two attached hydrogens (primary N) is 1. The highest BCUT2D eigenvalue weighted by molar-refractivity contribution is 8.00. The van der Waals surface area contributed by atoms with E-state index < -0.39 is 0 Å². The third-order valence-corrected chi connectivity index (χ3v) is 4.09. The Kier molecular flexibility index (Phi) is 5.73. The lowest BCUT2D eigenvalue weighted by Crippen LogP contribution is -2.14. The molecule has 0 aromatic heterocycles. The summed E-state index contributed by atoms with van der Waals surface area (Å²) in [5.74, 6) is 1.07. The maximum atomic E-state index is 11.8. The van der Waals surface area contributed by atoms with Crippen molar-refractivity contribution in [2.24, 2.45) is 0 Å². The molecule has 0 unspecified atom stereocenters. The number of carbonyl (C=O) groups excluding carboxylic acids is 1. The van der Waals surface area contributed by atoms with Crippen molar-refractivity contribution in [2.45, 2.75) is 45.3 Å². The van der Waals surface area contributed by atoms with Crippen molar-refractivity contribution in [1.29, 1.82) is 0 Å². The summed E-state index contributed by atoms with van der Waals surface area (Å²) < 4.78 is 0.265. The van der Waals surface area contributed by atoms with Gasteiger partial charge in [0.1, 0.15) is 0 Å². The van der Waals surface area contributed by atoms with Crippen LogP contribution < -0.4 is 11.1 Å². The molecule has 0 saturated carbocycles. The van der Waals surface area contributed by atoms with E-state index in [0.29, 0.717) is 12.1 Å². The molecule has 0 aliphatic rings. The predicted molar refractivity (Wildman–Crippen MR) is 85.7 cm³/mol. The minimum absolute atomic E-state index is 0.0585. The van der Waals surface area contributed by atoms with E-state index >= 15 is 0 Å². The minimum Gasteiger partial charge on any atom is -0.398 e. The second-order valence-corrected chi connectivity index (χ2v) is 7.55. The lowest BCUT2D eigenvalue weighted by atomic mass is 10.1. The van der Waals surface area contributed by atoms with Crippen molar-refractivity contribution >= 4 is 29.0 Å². The molecule has 0 aliphatic carbocycles. The molecule has 0 fully saturated rings. The van der Waals surface area contributed by atoms with Crippen molar-refractivity contribution in [2.75, 3.05) is 16.8 Å². The van der Waals surface area contributed by atoms with E-state index in [-0.39, 0.29) is 10.7 Å². The van der Waals surface area contributed by atoms with E-state index in [9.17, 15) is 4.79 Å². The highest BCUT2D eigenvalue weighted by atomic mass is 32.2. The van der Waals surface area contributed by atoms with Gasteiger partial charge in [-0.05, 0) is 36.8 Å². The number of rotatable bonds is 5. The zero-order valence-corrected chi connectivity index (χ0v) is 13.1. The fourth-order valence-electron chi connectivity index (χ4n) is 1.61. The Morgan fingerprint density at radius 2 is 2.05 bits per heavy atom. The third kappa shape index (κ3) is 6.01. The Bertz CT molecular complexity index is 438. The first-order valence-electron chi connectivity index (χ1n) is 6.58. The molecular formula is C15H24N2OS. The molecule has 4 heteroatoms. The average molecular weight is 280 g/mol. The lowest BCUT2D eigenvalue weighted by Gasteiger charge is -2.17. The molecule has 106 valence electrons. The van der Waals surface area contributed by atoms with Gasteiger partial charge in [0.2, 0.25) is 5.91 Å². The molecule has 0 heterocycles. The Balaban J connectivity index is 2.38. The summed E-state index contributed by atoms with van der Waals surface area (Å²) in [5, 5.41) is 2.92. The SMILES string of the molecule is Cc1c(N)cccc1NC(=O)CCCSC(C)(C)C. The summed E-state index contributed by atoms with van der Waals surface area (Å²) >= 11 is 1.89. The van der Waals surface area contributed by atoms with Crippen molar-refractivity contribution in [3.8, 4) is 0 Å². The number of benzene rings is 1. The van der Waals surface area contributed by atoms with Crippen LogP contribution in [0.15, 0.2) is 18.2 Å². The standard InChI is InChI=1S/C15H24N2OS/c1-11-12(16)7-5-8-13(11)17-14(18)9-6-10-19-15(2,3)4/h5,7-8H,6,9-10,16H2,1-4H3,(H,17,18). The van der Waals surface area contributed by atoms with Gasteiger partial charge in [-0.3, -0.25) is 4.79 Å². The van der Waals surface area contributed by atoms with Gasteiger partial charge in [0, 0.05) is 22.5 Å². The summed E-state index contributed by atoms with van der Waals surface area (Å²) in [6.45, 7) is 8.48. The summed E-state index contributed by atoms with van der Waals surface area (Å²) in [4.78, 5) is 11.8. The summed E-state index contributed by atoms with van der Waals surface area (Å²) in [7, 11) is 0. The molecule has 0 bridgehead atoms. The summed E-state index contributed by atoms with van der Waals surface area (Å²) in [6, 6.07) is 5.58. The highest BCUT2D eigenvalue weighted by Crippen LogP contribution is 2.24. The average Bonchev–Trinajstić information content (AvgIpc) is 2.29. The van der Waals surface area contributed by atoms with Crippen LogP contribution in [0.25, 0.3) is 0 Å². The van der Waals surface area contributed by atoms with Crippen molar-refractivity contribution in [1.82, 2.24) is 0 Å². The van der Waals surface area contributed by atoms with Crippen LogP contribution in [0.5, 0.6) is 0 Å². The van der Waals surface area contributed by atoms with Crippen molar-refractivity contribution in [3.63, 3.8) is 0 Å². The zero-order valence-electron chi connectivity index (χ0n) is 12.2. The lowest BCUT2D eigenvalue weighted by molar-refractivity contribution is -0.116. The number of amides is 1. The topological polar surface area (TPSA) is 55.1 Å². The normalized spacial score (nSPS) is 11.4. The molecule has 1 amide bonds. The van der Waals surface area contributed by atoms with E-state index in [1.165, 1.54) is 0 Å². The zero-order chi connectivity index (χ0) is 14.5. The quantitative estimate of drug-likeness (QED) is 0.636. The van der Waals surface area contributed by atoms with Crippen LogP contribution in [0.2, 0.25) is 0 Å². The Labute approximate surface area is 120 Å². The van der Waals surface area contributed by atoms with E-state index in [1.807, 2.05) is 36.9 Å². The first-order chi connectivity index (χ1) is 8.79. The highest BCUT2D eigenvalue weighted by Gasteiger charge is 2.11. The van der Waals surface area contributed by atoms with Gasteiger partial charge in [0.25, 0.3) is 0 Å². The molecule has 0 saturated heterocycles. The van der Waals surface area contributed by atoms with Gasteiger partial charge in [-0.15, -0.1) is 0 Å². The molecule has 3 nitrogen and oxygen atoms in total. The van der Waals surface area contributed by atoms with Gasteiger partial charge in [0.15, 0.2) is 0 Å². The van der Waals surface area contributed by atoms with Gasteiger partial charge in [0.05, 0.1) is 0 Å². The number of anilines is 2. The number of carbonyl (C=O) groups is 1. The van der Waals surface area contributed by atoms with Gasteiger partial charge in [-0.25, -0.2) is 0 Å². The number of hydrogen-bond donors (Lipinski definition) is 2. The third-order valence-electron chi connectivity index (χ3n) is 2.73. The van der Waals surface area contributed by atoms with E-state index in [1.54, 1.807) is 0 Å². The van der Waals surface area contributed by atoms with E-state index in [4.69, 9.17) is 5.73 Å². The van der Waals surface area contributed by atoms with E-state index in [2.05, 4.69) is 26.1 Å². The van der Waals surface area contributed by atoms with Crippen molar-refractivity contribution in [3.05, 3.63) is 23.8 Å². The molecule has 0 atom stereocenters. The maximum absolute atomic E-state index is 11.8. The molecule has 1 aromatic rings. The molecule has 0 aliphatic heterocycles. The predicted octanol–water partition coefficient (Wildman–Crippen LogP) is 3.83. The molecule has 0 radical (unpaired) electrons. The molecule has 19 heavy (non-hydrogen) atoms. The van der Waals surface area contributed by atoms with Gasteiger partial charge >= 0.3 is 0 Å². The number of hydrogen-bond acceptors (Lipinski definition) is 3. The number of nitrogen functional groups attached to an aromatic ring is 1.